The molecular formula is C19H32Cl2N4O2. The van der Waals surface area contributed by atoms with E-state index in [1.807, 2.05) is 19.1 Å². The van der Waals surface area contributed by atoms with Gasteiger partial charge < -0.3 is 16.4 Å². The van der Waals surface area contributed by atoms with Crippen molar-refractivity contribution >= 4 is 48.0 Å². The summed E-state index contributed by atoms with van der Waals surface area (Å²) in [5.74, 6) is -0.418. The van der Waals surface area contributed by atoms with Gasteiger partial charge in [0.25, 0.3) is 0 Å². The molecule has 1 heterocycles. The highest BCUT2D eigenvalue weighted by atomic mass is 35.5. The number of halogens is 2. The van der Waals surface area contributed by atoms with Crippen LogP contribution >= 0.6 is 24.8 Å². The Morgan fingerprint density at radius 1 is 1.04 bits per heavy atom. The van der Waals surface area contributed by atoms with Crippen LogP contribution < -0.4 is 16.4 Å². The van der Waals surface area contributed by atoms with Crippen LogP contribution in [0, 0.1) is 5.92 Å². The molecule has 1 saturated heterocycles. The van der Waals surface area contributed by atoms with E-state index in [-0.39, 0.29) is 48.6 Å². The molecule has 0 aromatic heterocycles. The van der Waals surface area contributed by atoms with Crippen LogP contribution in [0.1, 0.15) is 39.5 Å². The van der Waals surface area contributed by atoms with Crippen molar-refractivity contribution < 1.29 is 9.59 Å². The predicted molar refractivity (Wildman–Crippen MR) is 116 cm³/mol. The SMILES string of the molecule is CC(N)C(C)C(=O)Nc1cccc(NC(=O)CN2CCCCCC2)c1.Cl.Cl. The summed E-state index contributed by atoms with van der Waals surface area (Å²) in [7, 11) is 0. The van der Waals surface area contributed by atoms with Gasteiger partial charge in [-0.1, -0.05) is 25.8 Å². The van der Waals surface area contributed by atoms with Crippen molar-refractivity contribution in [2.24, 2.45) is 11.7 Å². The van der Waals surface area contributed by atoms with Gasteiger partial charge in [-0.3, -0.25) is 14.5 Å². The minimum absolute atomic E-state index is 0. The monoisotopic (exact) mass is 418 g/mol. The lowest BCUT2D eigenvalue weighted by Crippen LogP contribution is -2.34. The van der Waals surface area contributed by atoms with Crippen LogP contribution in [0.2, 0.25) is 0 Å². The zero-order chi connectivity index (χ0) is 18.2. The quantitative estimate of drug-likeness (QED) is 0.661. The standard InChI is InChI=1S/C19H30N4O2.2ClH/c1-14(15(2)20)19(25)22-17-9-7-8-16(12-17)21-18(24)13-23-10-5-3-4-6-11-23;;/h7-9,12,14-15H,3-6,10-11,13,20H2,1-2H3,(H,21,24)(H,22,25);2*1H. The topological polar surface area (TPSA) is 87.5 Å². The van der Waals surface area contributed by atoms with Gasteiger partial charge in [-0.15, -0.1) is 24.8 Å². The highest BCUT2D eigenvalue weighted by Gasteiger charge is 2.17. The van der Waals surface area contributed by atoms with Gasteiger partial charge in [-0.05, 0) is 51.1 Å². The van der Waals surface area contributed by atoms with Gasteiger partial charge in [0, 0.05) is 17.4 Å². The molecule has 2 rings (SSSR count). The molecule has 2 amide bonds. The summed E-state index contributed by atoms with van der Waals surface area (Å²) >= 11 is 0. The second-order valence-corrected chi connectivity index (χ2v) is 6.96. The van der Waals surface area contributed by atoms with Crippen molar-refractivity contribution in [3.8, 4) is 0 Å². The molecule has 1 aliphatic rings. The van der Waals surface area contributed by atoms with Gasteiger partial charge in [0.05, 0.1) is 12.5 Å². The Morgan fingerprint density at radius 2 is 1.59 bits per heavy atom. The van der Waals surface area contributed by atoms with E-state index in [0.29, 0.717) is 17.9 Å². The van der Waals surface area contributed by atoms with Crippen LogP contribution in [0.3, 0.4) is 0 Å². The predicted octanol–water partition coefficient (Wildman–Crippen LogP) is 3.27. The first-order valence-electron chi connectivity index (χ1n) is 9.14. The van der Waals surface area contributed by atoms with E-state index in [1.165, 1.54) is 12.8 Å². The maximum Gasteiger partial charge on any atom is 0.238 e. The summed E-state index contributed by atoms with van der Waals surface area (Å²) < 4.78 is 0. The highest BCUT2D eigenvalue weighted by molar-refractivity contribution is 5.95. The summed E-state index contributed by atoms with van der Waals surface area (Å²) in [6.07, 6.45) is 4.82. The first-order chi connectivity index (χ1) is 12.0. The zero-order valence-corrected chi connectivity index (χ0v) is 17.7. The Hall–Kier alpha value is -1.34. The van der Waals surface area contributed by atoms with Crippen LogP contribution in [-0.4, -0.2) is 42.4 Å². The number of benzene rings is 1. The molecule has 0 saturated carbocycles. The fourth-order valence-corrected chi connectivity index (χ4v) is 2.87. The van der Waals surface area contributed by atoms with E-state index >= 15 is 0 Å². The van der Waals surface area contributed by atoms with Crippen molar-refractivity contribution in [1.82, 2.24) is 4.90 Å². The fourth-order valence-electron chi connectivity index (χ4n) is 2.87. The van der Waals surface area contributed by atoms with E-state index in [1.54, 1.807) is 19.1 Å². The lowest BCUT2D eigenvalue weighted by Gasteiger charge is -2.19. The third-order valence-electron chi connectivity index (χ3n) is 4.68. The third kappa shape index (κ3) is 8.93. The van der Waals surface area contributed by atoms with E-state index in [4.69, 9.17) is 5.73 Å². The Kier molecular flexibility index (Phi) is 12.3. The number of rotatable bonds is 6. The summed E-state index contributed by atoms with van der Waals surface area (Å²) in [6, 6.07) is 7.00. The number of nitrogens with one attached hydrogen (secondary N) is 2. The van der Waals surface area contributed by atoms with Crippen LogP contribution in [0.4, 0.5) is 11.4 Å². The van der Waals surface area contributed by atoms with E-state index < -0.39 is 0 Å². The molecule has 4 N–H and O–H groups in total. The van der Waals surface area contributed by atoms with Crippen molar-refractivity contribution in [2.75, 3.05) is 30.3 Å². The molecule has 0 bridgehead atoms. The molecule has 1 fully saturated rings. The van der Waals surface area contributed by atoms with Gasteiger partial charge in [-0.2, -0.15) is 0 Å². The largest absolute Gasteiger partial charge is 0.327 e. The molecule has 1 aromatic rings. The molecule has 154 valence electrons. The van der Waals surface area contributed by atoms with E-state index in [9.17, 15) is 9.59 Å². The first-order valence-corrected chi connectivity index (χ1v) is 9.14. The molecule has 8 heteroatoms. The van der Waals surface area contributed by atoms with E-state index in [2.05, 4.69) is 15.5 Å². The Morgan fingerprint density at radius 3 is 2.15 bits per heavy atom. The molecule has 2 atom stereocenters. The number of hydrogen-bond acceptors (Lipinski definition) is 4. The number of nitrogens with zero attached hydrogens (tertiary/aromatic N) is 1. The molecule has 1 aliphatic heterocycles. The average Bonchev–Trinajstić information content (AvgIpc) is 2.82. The summed E-state index contributed by atoms with van der Waals surface area (Å²) in [5, 5.41) is 5.76. The summed E-state index contributed by atoms with van der Waals surface area (Å²) in [5.41, 5.74) is 7.11. The second-order valence-electron chi connectivity index (χ2n) is 6.96. The smallest absolute Gasteiger partial charge is 0.238 e. The van der Waals surface area contributed by atoms with Gasteiger partial charge in [0.15, 0.2) is 0 Å². The number of anilines is 2. The summed E-state index contributed by atoms with van der Waals surface area (Å²) in [6.45, 7) is 5.99. The Balaban J connectivity index is 0.00000338. The fraction of sp³-hybridized carbons (Fsp3) is 0.579. The maximum atomic E-state index is 12.3. The lowest BCUT2D eigenvalue weighted by atomic mass is 10.0. The number of hydrogen-bond donors (Lipinski definition) is 3. The van der Waals surface area contributed by atoms with E-state index in [0.717, 1.165) is 25.9 Å². The molecule has 2 unspecified atom stereocenters. The van der Waals surface area contributed by atoms with Crippen molar-refractivity contribution in [2.45, 2.75) is 45.6 Å². The Labute approximate surface area is 174 Å². The zero-order valence-electron chi connectivity index (χ0n) is 16.1. The van der Waals surface area contributed by atoms with Crippen LogP contribution in [0.25, 0.3) is 0 Å². The Bertz CT molecular complexity index is 591. The molecule has 0 spiro atoms. The molecule has 1 aromatic carbocycles. The van der Waals surface area contributed by atoms with Crippen molar-refractivity contribution in [3.63, 3.8) is 0 Å². The molecule has 0 aliphatic carbocycles. The number of nitrogens with two attached hydrogens (primary N) is 1. The van der Waals surface area contributed by atoms with Gasteiger partial charge in [0.2, 0.25) is 11.8 Å². The van der Waals surface area contributed by atoms with Gasteiger partial charge >= 0.3 is 0 Å². The van der Waals surface area contributed by atoms with Gasteiger partial charge in [0.1, 0.15) is 0 Å². The summed E-state index contributed by atoms with van der Waals surface area (Å²) in [4.78, 5) is 26.6. The lowest BCUT2D eigenvalue weighted by molar-refractivity contribution is -0.120. The van der Waals surface area contributed by atoms with Crippen molar-refractivity contribution in [1.29, 1.82) is 0 Å². The molecule has 0 radical (unpaired) electrons. The third-order valence-corrected chi connectivity index (χ3v) is 4.68. The average molecular weight is 419 g/mol. The first kappa shape index (κ1) is 25.7. The van der Waals surface area contributed by atoms with Crippen molar-refractivity contribution in [3.05, 3.63) is 24.3 Å². The minimum atomic E-state index is -0.277. The maximum absolute atomic E-state index is 12.3. The number of amides is 2. The molecular weight excluding hydrogens is 387 g/mol. The van der Waals surface area contributed by atoms with Gasteiger partial charge in [-0.25, -0.2) is 0 Å². The van der Waals surface area contributed by atoms with Crippen LogP contribution in [-0.2, 0) is 9.59 Å². The number of likely N-dealkylation sites (tertiary alicyclic amines) is 1. The highest BCUT2D eigenvalue weighted by Crippen LogP contribution is 2.17. The molecule has 27 heavy (non-hydrogen) atoms. The minimum Gasteiger partial charge on any atom is -0.327 e. The molecule has 6 nitrogen and oxygen atoms in total. The van der Waals surface area contributed by atoms with Crippen LogP contribution in [0.5, 0.6) is 0 Å². The second kappa shape index (κ2) is 12.9. The normalized spacial score (nSPS) is 16.7. The van der Waals surface area contributed by atoms with Crippen LogP contribution in [0.15, 0.2) is 24.3 Å². The number of carbonyl (C=O) groups excluding carboxylic acids is 2. The number of carbonyl (C=O) groups is 2.